The summed E-state index contributed by atoms with van der Waals surface area (Å²) in [5.41, 5.74) is 0.642. The van der Waals surface area contributed by atoms with Gasteiger partial charge in [0.15, 0.2) is 5.41 Å². The summed E-state index contributed by atoms with van der Waals surface area (Å²) in [6, 6.07) is 9.78. The maximum Gasteiger partial charge on any atom is 0.323 e. The fourth-order valence-electron chi connectivity index (χ4n) is 3.20. The van der Waals surface area contributed by atoms with Crippen molar-refractivity contribution < 1.29 is 19.1 Å². The zero-order valence-electron chi connectivity index (χ0n) is 14.6. The van der Waals surface area contributed by atoms with Crippen molar-refractivity contribution in [3.05, 3.63) is 54.1 Å². The Hall–Kier alpha value is -1.88. The van der Waals surface area contributed by atoms with Crippen molar-refractivity contribution in [1.82, 2.24) is 0 Å². The van der Waals surface area contributed by atoms with Crippen LogP contribution in [0.2, 0.25) is 0 Å². The Balaban J connectivity index is 2.50. The van der Waals surface area contributed by atoms with E-state index in [1.54, 1.807) is 19.9 Å². The number of esters is 2. The third-order valence-electron chi connectivity index (χ3n) is 4.43. The van der Waals surface area contributed by atoms with Crippen molar-refractivity contribution in [2.24, 2.45) is 11.3 Å². The van der Waals surface area contributed by atoms with Crippen LogP contribution in [0.15, 0.2) is 48.6 Å². The summed E-state index contributed by atoms with van der Waals surface area (Å²) in [5, 5.41) is 0. The molecular formula is C20H23BrO4. The van der Waals surface area contributed by atoms with Crippen molar-refractivity contribution in [2.45, 2.75) is 26.7 Å². The molecule has 0 amide bonds. The maximum absolute atomic E-state index is 12.7. The molecule has 0 saturated heterocycles. The number of benzene rings is 1. The SMILES string of the molecule is C=CC1CC(C(=O)OCC)(C(=O)OCC)C/C1=C(\Br)c1ccccc1. The molecule has 0 aromatic heterocycles. The Kier molecular flexibility index (Phi) is 6.59. The summed E-state index contributed by atoms with van der Waals surface area (Å²) in [5.74, 6) is -1.16. The summed E-state index contributed by atoms with van der Waals surface area (Å²) < 4.78 is 11.3. The van der Waals surface area contributed by atoms with E-state index >= 15 is 0 Å². The van der Waals surface area contributed by atoms with Gasteiger partial charge in [0.05, 0.1) is 13.2 Å². The fourth-order valence-corrected chi connectivity index (χ4v) is 3.89. The van der Waals surface area contributed by atoms with Crippen LogP contribution in [0.1, 0.15) is 32.3 Å². The Morgan fingerprint density at radius 2 is 1.76 bits per heavy atom. The Labute approximate surface area is 157 Å². The predicted molar refractivity (Wildman–Crippen MR) is 101 cm³/mol. The summed E-state index contributed by atoms with van der Waals surface area (Å²) >= 11 is 3.65. The quantitative estimate of drug-likeness (QED) is 0.396. The highest BCUT2D eigenvalue weighted by Crippen LogP contribution is 2.51. The molecule has 1 atom stereocenters. The summed E-state index contributed by atoms with van der Waals surface area (Å²) in [6.45, 7) is 7.78. The lowest BCUT2D eigenvalue weighted by Crippen LogP contribution is -2.40. The lowest BCUT2D eigenvalue weighted by atomic mass is 9.85. The third kappa shape index (κ3) is 3.87. The molecule has 1 aromatic carbocycles. The normalized spacial score (nSPS) is 20.7. The van der Waals surface area contributed by atoms with Crippen LogP contribution in [0, 0.1) is 11.3 Å². The third-order valence-corrected chi connectivity index (χ3v) is 5.40. The number of ether oxygens (including phenoxy) is 2. The highest BCUT2D eigenvalue weighted by atomic mass is 79.9. The van der Waals surface area contributed by atoms with Crippen molar-refractivity contribution in [3.8, 4) is 0 Å². The van der Waals surface area contributed by atoms with Gasteiger partial charge in [0.25, 0.3) is 0 Å². The summed E-state index contributed by atoms with van der Waals surface area (Å²) in [6.07, 6.45) is 2.35. The van der Waals surface area contributed by atoms with Gasteiger partial charge in [0.1, 0.15) is 0 Å². The molecule has 1 aliphatic carbocycles. The molecule has 25 heavy (non-hydrogen) atoms. The molecule has 5 heteroatoms. The van der Waals surface area contributed by atoms with E-state index in [1.807, 2.05) is 30.3 Å². The van der Waals surface area contributed by atoms with Gasteiger partial charge < -0.3 is 9.47 Å². The Morgan fingerprint density at radius 3 is 2.24 bits per heavy atom. The molecule has 1 unspecified atom stereocenters. The van der Waals surface area contributed by atoms with Crippen LogP contribution < -0.4 is 0 Å². The number of carbonyl (C=O) groups is 2. The maximum atomic E-state index is 12.7. The molecule has 4 nitrogen and oxygen atoms in total. The monoisotopic (exact) mass is 406 g/mol. The van der Waals surface area contributed by atoms with Gasteiger partial charge in [-0.25, -0.2) is 0 Å². The van der Waals surface area contributed by atoms with E-state index in [1.165, 1.54) is 0 Å². The van der Waals surface area contributed by atoms with Crippen molar-refractivity contribution in [3.63, 3.8) is 0 Å². The zero-order chi connectivity index (χ0) is 18.4. The molecule has 1 saturated carbocycles. The molecule has 1 aliphatic rings. The van der Waals surface area contributed by atoms with E-state index in [-0.39, 0.29) is 25.6 Å². The van der Waals surface area contributed by atoms with Gasteiger partial charge in [-0.15, -0.1) is 6.58 Å². The van der Waals surface area contributed by atoms with Crippen LogP contribution in [0.25, 0.3) is 4.48 Å². The number of halogens is 1. The second-order valence-electron chi connectivity index (χ2n) is 5.95. The molecule has 0 radical (unpaired) electrons. The van der Waals surface area contributed by atoms with Crippen LogP contribution in [-0.2, 0) is 19.1 Å². The van der Waals surface area contributed by atoms with Gasteiger partial charge in [0, 0.05) is 10.4 Å². The highest BCUT2D eigenvalue weighted by molar-refractivity contribution is 9.15. The predicted octanol–water partition coefficient (Wildman–Crippen LogP) is 4.50. The average molecular weight is 407 g/mol. The average Bonchev–Trinajstić information content (AvgIpc) is 3.03. The fraction of sp³-hybridized carbons (Fsp3) is 0.400. The van der Waals surface area contributed by atoms with Crippen LogP contribution in [0.5, 0.6) is 0 Å². The van der Waals surface area contributed by atoms with Gasteiger partial charge >= 0.3 is 11.9 Å². The second-order valence-corrected chi connectivity index (χ2v) is 6.74. The first kappa shape index (κ1) is 19.4. The second kappa shape index (κ2) is 8.48. The van der Waals surface area contributed by atoms with Crippen LogP contribution in [0.4, 0.5) is 0 Å². The van der Waals surface area contributed by atoms with Crippen LogP contribution >= 0.6 is 15.9 Å². The van der Waals surface area contributed by atoms with E-state index in [0.29, 0.717) is 6.42 Å². The number of hydrogen-bond acceptors (Lipinski definition) is 4. The first-order valence-electron chi connectivity index (χ1n) is 8.41. The first-order valence-corrected chi connectivity index (χ1v) is 9.20. The molecular weight excluding hydrogens is 384 g/mol. The van der Waals surface area contributed by atoms with E-state index in [4.69, 9.17) is 9.47 Å². The Morgan fingerprint density at radius 1 is 1.20 bits per heavy atom. The lowest BCUT2D eigenvalue weighted by Gasteiger charge is -2.24. The van der Waals surface area contributed by atoms with Gasteiger partial charge in [-0.2, -0.15) is 0 Å². The first-order chi connectivity index (χ1) is 12.0. The number of allylic oxidation sites excluding steroid dienone is 2. The number of carbonyl (C=O) groups excluding carboxylic acids is 2. The largest absolute Gasteiger partial charge is 0.465 e. The van der Waals surface area contributed by atoms with Gasteiger partial charge in [-0.05, 0) is 37.8 Å². The molecule has 134 valence electrons. The molecule has 0 N–H and O–H groups in total. The minimum atomic E-state index is -1.31. The van der Waals surface area contributed by atoms with Gasteiger partial charge in [0.2, 0.25) is 0 Å². The zero-order valence-corrected chi connectivity index (χ0v) is 16.2. The summed E-state index contributed by atoms with van der Waals surface area (Å²) in [7, 11) is 0. The lowest BCUT2D eigenvalue weighted by molar-refractivity contribution is -0.171. The number of rotatable bonds is 6. The van der Waals surface area contributed by atoms with Gasteiger partial charge in [-0.1, -0.05) is 52.3 Å². The van der Waals surface area contributed by atoms with E-state index in [0.717, 1.165) is 15.6 Å². The van der Waals surface area contributed by atoms with E-state index in [2.05, 4.69) is 22.5 Å². The van der Waals surface area contributed by atoms with Crippen molar-refractivity contribution in [1.29, 1.82) is 0 Å². The number of hydrogen-bond donors (Lipinski definition) is 0. The molecule has 0 heterocycles. The topological polar surface area (TPSA) is 52.6 Å². The van der Waals surface area contributed by atoms with Crippen LogP contribution in [-0.4, -0.2) is 25.2 Å². The molecule has 1 aromatic rings. The van der Waals surface area contributed by atoms with Crippen LogP contribution in [0.3, 0.4) is 0 Å². The van der Waals surface area contributed by atoms with E-state index < -0.39 is 17.4 Å². The summed E-state index contributed by atoms with van der Waals surface area (Å²) in [4.78, 5) is 25.3. The van der Waals surface area contributed by atoms with E-state index in [9.17, 15) is 9.59 Å². The molecule has 0 spiro atoms. The molecule has 2 rings (SSSR count). The molecule has 0 bridgehead atoms. The molecule has 1 fully saturated rings. The van der Waals surface area contributed by atoms with Gasteiger partial charge in [-0.3, -0.25) is 9.59 Å². The highest BCUT2D eigenvalue weighted by Gasteiger charge is 2.55. The van der Waals surface area contributed by atoms with Crippen molar-refractivity contribution in [2.75, 3.05) is 13.2 Å². The van der Waals surface area contributed by atoms with Crippen molar-refractivity contribution >= 4 is 32.4 Å². The minimum absolute atomic E-state index is 0.108. The Bertz CT molecular complexity index is 660. The smallest absolute Gasteiger partial charge is 0.323 e. The minimum Gasteiger partial charge on any atom is -0.465 e. The molecule has 0 aliphatic heterocycles. The standard InChI is InChI=1S/C20H23BrO4/c1-4-14-12-20(18(22)24-5-2,19(23)25-6-3)13-16(14)17(21)15-10-8-7-9-11-15/h4,7-11,14H,1,5-6,12-13H2,2-3H3/b17-16+.